The van der Waals surface area contributed by atoms with Crippen LogP contribution in [0.1, 0.15) is 30.5 Å². The first-order chi connectivity index (χ1) is 12.2. The topological polar surface area (TPSA) is 71.9 Å². The molecule has 1 aromatic carbocycles. The van der Waals surface area contributed by atoms with Crippen LogP contribution in [-0.4, -0.2) is 41.0 Å². The van der Waals surface area contributed by atoms with E-state index in [9.17, 15) is 9.18 Å². The minimum atomic E-state index is -0.274. The Morgan fingerprint density at radius 1 is 1.44 bits per heavy atom. The molecule has 0 spiro atoms. The normalized spacial score (nSPS) is 22.8. The number of likely N-dealkylation sites (tertiary alicyclic amines) is 1. The zero-order valence-corrected chi connectivity index (χ0v) is 14.0. The van der Waals surface area contributed by atoms with Gasteiger partial charge in [0.1, 0.15) is 11.9 Å². The van der Waals surface area contributed by atoms with Gasteiger partial charge in [0.05, 0.1) is 12.6 Å². The van der Waals surface area contributed by atoms with E-state index in [1.165, 1.54) is 11.8 Å². The molecule has 1 fully saturated rings. The molecule has 1 aromatic heterocycles. The van der Waals surface area contributed by atoms with Crippen LogP contribution in [0.4, 0.5) is 4.39 Å². The van der Waals surface area contributed by atoms with Crippen molar-refractivity contribution >= 4 is 16.8 Å². The maximum absolute atomic E-state index is 13.6. The fourth-order valence-corrected chi connectivity index (χ4v) is 4.10. The van der Waals surface area contributed by atoms with Crippen molar-refractivity contribution in [3.8, 4) is 6.07 Å². The second kappa shape index (κ2) is 6.49. The molecule has 2 atom stereocenters. The van der Waals surface area contributed by atoms with Gasteiger partial charge in [-0.1, -0.05) is 0 Å². The van der Waals surface area contributed by atoms with Crippen LogP contribution >= 0.6 is 0 Å². The summed E-state index contributed by atoms with van der Waals surface area (Å²) >= 11 is 0. The summed E-state index contributed by atoms with van der Waals surface area (Å²) in [6.45, 7) is 0.935. The first-order valence-electron chi connectivity index (χ1n) is 8.87. The molecule has 6 heteroatoms. The van der Waals surface area contributed by atoms with Crippen LogP contribution in [0.15, 0.2) is 18.2 Å². The minimum Gasteiger partial charge on any atom is -0.358 e. The predicted molar refractivity (Wildman–Crippen MR) is 92.4 cm³/mol. The minimum absolute atomic E-state index is 0.000168. The molecule has 2 heterocycles. The van der Waals surface area contributed by atoms with Crippen LogP contribution in [0, 0.1) is 17.1 Å². The molecule has 2 aromatic rings. The molecular weight excluding hydrogens is 319 g/mol. The number of fused-ring (bicyclic) bond motifs is 3. The third kappa shape index (κ3) is 3.00. The number of carbonyl (C=O) groups is 1. The Hall–Kier alpha value is -2.39. The number of benzene rings is 1. The highest BCUT2D eigenvalue weighted by atomic mass is 19.1. The van der Waals surface area contributed by atoms with E-state index in [1.54, 1.807) is 17.0 Å². The van der Waals surface area contributed by atoms with Gasteiger partial charge in [-0.3, -0.25) is 4.79 Å². The molecule has 0 bridgehead atoms. The van der Waals surface area contributed by atoms with Gasteiger partial charge in [0, 0.05) is 29.2 Å². The number of nitrogens with one attached hydrogen (secondary N) is 2. The van der Waals surface area contributed by atoms with Crippen LogP contribution in [0.25, 0.3) is 10.9 Å². The van der Waals surface area contributed by atoms with Crippen molar-refractivity contribution in [2.45, 2.75) is 44.2 Å². The number of hydrogen-bond donors (Lipinski definition) is 2. The second-order valence-electron chi connectivity index (χ2n) is 6.97. The molecule has 2 N–H and O–H groups in total. The van der Waals surface area contributed by atoms with Gasteiger partial charge in [0.15, 0.2) is 0 Å². The standard InChI is InChI=1S/C19H21FN4O/c20-12-3-5-17-15(8-12)16-9-13(4-6-18(16)23-17)22-11-19(25)24-7-1-2-14(24)10-21/h3,5,8,13-14,22-23H,1-2,4,6-7,9,11H2/t13-,14-/m0/s1. The quantitative estimate of drug-likeness (QED) is 0.900. The number of hydrogen-bond acceptors (Lipinski definition) is 3. The number of nitrogens with zero attached hydrogens (tertiary/aromatic N) is 2. The Morgan fingerprint density at radius 3 is 3.16 bits per heavy atom. The summed E-state index contributed by atoms with van der Waals surface area (Å²) in [6.07, 6.45) is 4.29. The monoisotopic (exact) mass is 340 g/mol. The molecule has 0 saturated carbocycles. The van der Waals surface area contributed by atoms with Gasteiger partial charge in [-0.25, -0.2) is 4.39 Å². The van der Waals surface area contributed by atoms with Crippen LogP contribution in [0.5, 0.6) is 0 Å². The Balaban J connectivity index is 1.43. The molecule has 0 radical (unpaired) electrons. The predicted octanol–water partition coefficient (Wildman–Crippen LogP) is 2.27. The molecule has 5 nitrogen and oxygen atoms in total. The largest absolute Gasteiger partial charge is 0.358 e. The fourth-order valence-electron chi connectivity index (χ4n) is 4.10. The molecule has 1 aliphatic heterocycles. The highest BCUT2D eigenvalue weighted by Gasteiger charge is 2.29. The van der Waals surface area contributed by atoms with Crippen molar-refractivity contribution in [2.24, 2.45) is 0 Å². The number of rotatable bonds is 3. The molecule has 1 amide bonds. The van der Waals surface area contributed by atoms with Gasteiger partial charge < -0.3 is 15.2 Å². The summed E-state index contributed by atoms with van der Waals surface area (Å²) in [4.78, 5) is 17.4. The Bertz CT molecular complexity index is 853. The number of aromatic amines is 1. The van der Waals surface area contributed by atoms with E-state index in [0.717, 1.165) is 48.6 Å². The van der Waals surface area contributed by atoms with Crippen molar-refractivity contribution in [1.29, 1.82) is 5.26 Å². The van der Waals surface area contributed by atoms with Gasteiger partial charge in [-0.05, 0) is 55.9 Å². The third-order valence-electron chi connectivity index (χ3n) is 5.41. The van der Waals surface area contributed by atoms with E-state index >= 15 is 0 Å². The first kappa shape index (κ1) is 16.1. The van der Waals surface area contributed by atoms with Crippen LogP contribution in [0.2, 0.25) is 0 Å². The number of aryl methyl sites for hydroxylation is 1. The van der Waals surface area contributed by atoms with E-state index in [0.29, 0.717) is 6.54 Å². The molecular formula is C19H21FN4O. The number of amides is 1. The lowest BCUT2D eigenvalue weighted by atomic mass is 9.91. The lowest BCUT2D eigenvalue weighted by Crippen LogP contribution is -2.44. The van der Waals surface area contributed by atoms with Crippen molar-refractivity contribution in [2.75, 3.05) is 13.1 Å². The van der Waals surface area contributed by atoms with Gasteiger partial charge in [0.2, 0.25) is 5.91 Å². The molecule has 2 aliphatic rings. The number of carbonyl (C=O) groups excluding carboxylic acids is 1. The average molecular weight is 340 g/mol. The maximum atomic E-state index is 13.6. The fraction of sp³-hybridized carbons (Fsp3) is 0.474. The molecule has 25 heavy (non-hydrogen) atoms. The van der Waals surface area contributed by atoms with Crippen molar-refractivity contribution in [3.05, 3.63) is 35.3 Å². The van der Waals surface area contributed by atoms with Crippen LogP contribution in [0.3, 0.4) is 0 Å². The molecule has 1 aliphatic carbocycles. The average Bonchev–Trinajstić information content (AvgIpc) is 3.23. The second-order valence-corrected chi connectivity index (χ2v) is 6.97. The highest BCUT2D eigenvalue weighted by molar-refractivity contribution is 5.85. The molecule has 1 saturated heterocycles. The van der Waals surface area contributed by atoms with Crippen molar-refractivity contribution < 1.29 is 9.18 Å². The molecule has 0 unspecified atom stereocenters. The maximum Gasteiger partial charge on any atom is 0.237 e. The van der Waals surface area contributed by atoms with E-state index in [-0.39, 0.29) is 30.4 Å². The van der Waals surface area contributed by atoms with E-state index < -0.39 is 0 Å². The molecule has 4 rings (SSSR count). The summed E-state index contributed by atoms with van der Waals surface area (Å²) in [6, 6.07) is 6.97. The van der Waals surface area contributed by atoms with Crippen molar-refractivity contribution in [1.82, 2.24) is 15.2 Å². The number of H-pyrrole nitrogens is 1. The summed E-state index contributed by atoms with van der Waals surface area (Å²) in [5.74, 6) is -0.226. The third-order valence-corrected chi connectivity index (χ3v) is 5.41. The van der Waals surface area contributed by atoms with E-state index in [1.807, 2.05) is 0 Å². The zero-order chi connectivity index (χ0) is 17.4. The lowest BCUT2D eigenvalue weighted by molar-refractivity contribution is -0.130. The summed E-state index contributed by atoms with van der Waals surface area (Å²) in [7, 11) is 0. The van der Waals surface area contributed by atoms with Gasteiger partial charge in [-0.15, -0.1) is 0 Å². The zero-order valence-electron chi connectivity index (χ0n) is 14.0. The number of nitriles is 1. The lowest BCUT2D eigenvalue weighted by Gasteiger charge is -2.25. The van der Waals surface area contributed by atoms with Gasteiger partial charge >= 0.3 is 0 Å². The summed E-state index contributed by atoms with van der Waals surface area (Å²) in [5.41, 5.74) is 3.30. The van der Waals surface area contributed by atoms with Crippen molar-refractivity contribution in [3.63, 3.8) is 0 Å². The summed E-state index contributed by atoms with van der Waals surface area (Å²) < 4.78 is 13.6. The van der Waals surface area contributed by atoms with Crippen LogP contribution < -0.4 is 5.32 Å². The smallest absolute Gasteiger partial charge is 0.237 e. The Morgan fingerprint density at radius 2 is 2.32 bits per heavy atom. The Kier molecular flexibility index (Phi) is 4.18. The summed E-state index contributed by atoms with van der Waals surface area (Å²) in [5, 5.41) is 13.4. The highest BCUT2D eigenvalue weighted by Crippen LogP contribution is 2.29. The SMILES string of the molecule is N#C[C@@H]1CCCN1C(=O)CN[C@H]1CCc2[nH]c3ccc(F)cc3c2C1. The Labute approximate surface area is 145 Å². The number of halogens is 1. The number of aromatic nitrogens is 1. The van der Waals surface area contributed by atoms with Crippen LogP contribution in [-0.2, 0) is 17.6 Å². The molecule has 130 valence electrons. The van der Waals surface area contributed by atoms with Gasteiger partial charge in [0.25, 0.3) is 0 Å². The van der Waals surface area contributed by atoms with E-state index in [2.05, 4.69) is 16.4 Å². The first-order valence-corrected chi connectivity index (χ1v) is 8.87. The van der Waals surface area contributed by atoms with Gasteiger partial charge in [-0.2, -0.15) is 5.26 Å². The van der Waals surface area contributed by atoms with E-state index in [4.69, 9.17) is 5.26 Å².